The van der Waals surface area contributed by atoms with Crippen LogP contribution >= 0.6 is 0 Å². The highest BCUT2D eigenvalue weighted by Crippen LogP contribution is 2.41. The van der Waals surface area contributed by atoms with E-state index < -0.39 is 10.7 Å². The Morgan fingerprint density at radius 2 is 2.24 bits per heavy atom. The van der Waals surface area contributed by atoms with Crippen molar-refractivity contribution in [2.45, 2.75) is 26.3 Å². The second-order valence-corrected chi connectivity index (χ2v) is 6.06. The predicted octanol–water partition coefficient (Wildman–Crippen LogP) is 2.48. The van der Waals surface area contributed by atoms with Crippen LogP contribution in [0.25, 0.3) is 0 Å². The van der Waals surface area contributed by atoms with Gasteiger partial charge < -0.3 is 10.2 Å². The molecule has 0 spiro atoms. The Morgan fingerprint density at radius 3 is 2.90 bits per heavy atom. The molecule has 0 saturated carbocycles. The van der Waals surface area contributed by atoms with Gasteiger partial charge in [-0.25, -0.2) is 4.39 Å². The fourth-order valence-corrected chi connectivity index (χ4v) is 3.85. The smallest absolute Gasteiger partial charge is 0.295 e. The van der Waals surface area contributed by atoms with E-state index in [0.29, 0.717) is 23.1 Å². The van der Waals surface area contributed by atoms with Gasteiger partial charge in [-0.15, -0.1) is 0 Å². The number of rotatable bonds is 3. The van der Waals surface area contributed by atoms with Gasteiger partial charge in [0.2, 0.25) is 0 Å². The molecule has 3 atom stereocenters. The normalized spacial score (nSPS) is 28.0. The summed E-state index contributed by atoms with van der Waals surface area (Å²) >= 11 is 0. The van der Waals surface area contributed by atoms with Gasteiger partial charge in [-0.1, -0.05) is 6.92 Å². The maximum atomic E-state index is 13.7. The summed E-state index contributed by atoms with van der Waals surface area (Å²) in [5.74, 6) is 0.541. The highest BCUT2D eigenvalue weighted by atomic mass is 19.1. The molecule has 0 radical (unpaired) electrons. The molecule has 2 saturated heterocycles. The molecule has 1 aromatic rings. The molecule has 2 aliphatic rings. The van der Waals surface area contributed by atoms with Gasteiger partial charge in [0.1, 0.15) is 11.5 Å². The van der Waals surface area contributed by atoms with Crippen molar-refractivity contribution in [2.75, 3.05) is 24.5 Å². The number of halogens is 1. The quantitative estimate of drug-likeness (QED) is 0.687. The number of anilines is 1. The Morgan fingerprint density at radius 1 is 1.48 bits per heavy atom. The van der Waals surface area contributed by atoms with E-state index in [9.17, 15) is 14.5 Å². The zero-order valence-corrected chi connectivity index (χ0v) is 12.3. The fraction of sp³-hybridized carbons (Fsp3) is 0.600. The Hall–Kier alpha value is -1.69. The molecule has 0 aliphatic carbocycles. The van der Waals surface area contributed by atoms with Crippen molar-refractivity contribution in [2.24, 2.45) is 11.8 Å². The molecule has 3 rings (SSSR count). The highest BCUT2D eigenvalue weighted by molar-refractivity contribution is 5.66. The van der Waals surface area contributed by atoms with Gasteiger partial charge in [-0.05, 0) is 36.8 Å². The van der Waals surface area contributed by atoms with E-state index in [-0.39, 0.29) is 11.7 Å². The van der Waals surface area contributed by atoms with E-state index in [4.69, 9.17) is 0 Å². The molecule has 3 unspecified atom stereocenters. The molecule has 21 heavy (non-hydrogen) atoms. The van der Waals surface area contributed by atoms with E-state index in [1.165, 1.54) is 0 Å². The summed E-state index contributed by atoms with van der Waals surface area (Å²) in [6.45, 7) is 6.50. The second-order valence-electron chi connectivity index (χ2n) is 6.06. The first-order valence-corrected chi connectivity index (χ1v) is 7.44. The van der Waals surface area contributed by atoms with Crippen LogP contribution in [0.4, 0.5) is 15.8 Å². The van der Waals surface area contributed by atoms with Crippen LogP contribution in [0.2, 0.25) is 0 Å². The molecule has 0 bridgehead atoms. The number of nitrogens with one attached hydrogen (secondary N) is 1. The lowest BCUT2D eigenvalue weighted by molar-refractivity contribution is -0.384. The third-order valence-electron chi connectivity index (χ3n) is 4.90. The monoisotopic (exact) mass is 293 g/mol. The predicted molar refractivity (Wildman–Crippen MR) is 79.1 cm³/mol. The molecule has 6 heteroatoms. The molecule has 0 aromatic heterocycles. The SMILES string of the molecule is CCC1C2CNCC2CN1c1cc(C)c(F)cc1[N+](=O)[O-]. The fourth-order valence-electron chi connectivity index (χ4n) is 3.85. The molecule has 114 valence electrons. The largest absolute Gasteiger partial charge is 0.362 e. The van der Waals surface area contributed by atoms with Crippen molar-refractivity contribution in [3.8, 4) is 0 Å². The van der Waals surface area contributed by atoms with E-state index >= 15 is 0 Å². The van der Waals surface area contributed by atoms with Gasteiger partial charge in [-0.2, -0.15) is 0 Å². The Balaban J connectivity index is 2.03. The minimum absolute atomic E-state index is 0.121. The number of hydrogen-bond donors (Lipinski definition) is 1. The lowest BCUT2D eigenvalue weighted by atomic mass is 9.93. The van der Waals surface area contributed by atoms with Crippen LogP contribution in [0.5, 0.6) is 0 Å². The summed E-state index contributed by atoms with van der Waals surface area (Å²) < 4.78 is 13.7. The minimum Gasteiger partial charge on any atom is -0.362 e. The Kier molecular flexibility index (Phi) is 3.57. The summed E-state index contributed by atoms with van der Waals surface area (Å²) in [4.78, 5) is 12.9. The standard InChI is InChI=1S/C15H20FN3O2/c1-3-13-11-7-17-6-10(11)8-18(13)14-4-9(2)12(16)5-15(14)19(20)21/h4-5,10-11,13,17H,3,6-8H2,1-2H3. The van der Waals surface area contributed by atoms with Crippen molar-refractivity contribution >= 4 is 11.4 Å². The number of hydrogen-bond acceptors (Lipinski definition) is 4. The third-order valence-corrected chi connectivity index (χ3v) is 4.90. The zero-order chi connectivity index (χ0) is 15.1. The number of nitrogens with zero attached hydrogens (tertiary/aromatic N) is 2. The molecular formula is C15H20FN3O2. The molecule has 1 N–H and O–H groups in total. The Bertz CT molecular complexity index is 578. The maximum absolute atomic E-state index is 13.7. The van der Waals surface area contributed by atoms with E-state index in [0.717, 1.165) is 32.1 Å². The molecule has 2 aliphatic heterocycles. The van der Waals surface area contributed by atoms with Crippen LogP contribution < -0.4 is 10.2 Å². The maximum Gasteiger partial charge on any atom is 0.295 e. The van der Waals surface area contributed by atoms with Gasteiger partial charge in [0.25, 0.3) is 5.69 Å². The number of benzene rings is 1. The third kappa shape index (κ3) is 2.27. The molecule has 5 nitrogen and oxygen atoms in total. The van der Waals surface area contributed by atoms with Crippen molar-refractivity contribution in [3.63, 3.8) is 0 Å². The molecule has 1 aromatic carbocycles. The van der Waals surface area contributed by atoms with Crippen LogP contribution in [0.3, 0.4) is 0 Å². The van der Waals surface area contributed by atoms with Crippen LogP contribution in [-0.4, -0.2) is 30.6 Å². The first-order valence-electron chi connectivity index (χ1n) is 7.44. The summed E-state index contributed by atoms with van der Waals surface area (Å²) in [6.07, 6.45) is 0.941. The van der Waals surface area contributed by atoms with Crippen molar-refractivity contribution in [3.05, 3.63) is 33.6 Å². The first kappa shape index (κ1) is 14.3. The van der Waals surface area contributed by atoms with Crippen LogP contribution in [-0.2, 0) is 0 Å². The average Bonchev–Trinajstić information content (AvgIpc) is 3.00. The summed E-state index contributed by atoms with van der Waals surface area (Å²) in [5.41, 5.74) is 0.908. The van der Waals surface area contributed by atoms with Gasteiger partial charge in [0.05, 0.1) is 11.0 Å². The summed E-state index contributed by atoms with van der Waals surface area (Å²) in [7, 11) is 0. The lowest BCUT2D eigenvalue weighted by Crippen LogP contribution is -2.35. The van der Waals surface area contributed by atoms with Crippen molar-refractivity contribution < 1.29 is 9.31 Å². The second kappa shape index (κ2) is 5.26. The van der Waals surface area contributed by atoms with E-state index in [1.807, 2.05) is 0 Å². The molecule has 2 heterocycles. The Labute approximate surface area is 123 Å². The number of aryl methyl sites for hydroxylation is 1. The summed E-state index contributed by atoms with van der Waals surface area (Å²) in [6, 6.07) is 2.97. The lowest BCUT2D eigenvalue weighted by Gasteiger charge is -2.29. The number of fused-ring (bicyclic) bond motifs is 1. The molecule has 2 fully saturated rings. The van der Waals surface area contributed by atoms with Gasteiger partial charge >= 0.3 is 0 Å². The molecule has 0 amide bonds. The van der Waals surface area contributed by atoms with Crippen LogP contribution in [0.1, 0.15) is 18.9 Å². The van der Waals surface area contributed by atoms with Gasteiger partial charge in [0.15, 0.2) is 0 Å². The highest BCUT2D eigenvalue weighted by Gasteiger charge is 2.44. The average molecular weight is 293 g/mol. The van der Waals surface area contributed by atoms with Crippen LogP contribution in [0.15, 0.2) is 12.1 Å². The van der Waals surface area contributed by atoms with Crippen molar-refractivity contribution in [1.29, 1.82) is 0 Å². The van der Waals surface area contributed by atoms with Crippen molar-refractivity contribution in [1.82, 2.24) is 5.32 Å². The van der Waals surface area contributed by atoms with E-state index in [1.54, 1.807) is 13.0 Å². The minimum atomic E-state index is -0.514. The van der Waals surface area contributed by atoms with Gasteiger partial charge in [-0.3, -0.25) is 10.1 Å². The number of nitro groups is 1. The van der Waals surface area contributed by atoms with Gasteiger partial charge in [0, 0.05) is 25.7 Å². The topological polar surface area (TPSA) is 58.4 Å². The van der Waals surface area contributed by atoms with Crippen LogP contribution in [0, 0.1) is 34.7 Å². The van der Waals surface area contributed by atoms with E-state index in [2.05, 4.69) is 17.1 Å². The summed E-state index contributed by atoms with van der Waals surface area (Å²) in [5, 5.41) is 14.7. The number of nitro benzene ring substituents is 1. The molecular weight excluding hydrogens is 273 g/mol. The first-order chi connectivity index (χ1) is 10.0. The zero-order valence-electron chi connectivity index (χ0n) is 12.3.